The summed E-state index contributed by atoms with van der Waals surface area (Å²) in [5.74, 6) is -0.144. The van der Waals surface area contributed by atoms with E-state index in [1.165, 1.54) is 5.56 Å². The van der Waals surface area contributed by atoms with Crippen LogP contribution in [0.3, 0.4) is 0 Å². The first-order valence-corrected chi connectivity index (χ1v) is 7.10. The summed E-state index contributed by atoms with van der Waals surface area (Å²) in [6, 6.07) is 5.54. The maximum Gasteiger partial charge on any atom is 0.123 e. The number of hydrogen-bond donors (Lipinski definition) is 1. The first-order chi connectivity index (χ1) is 8.89. The Morgan fingerprint density at radius 3 is 2.19 bits per heavy atom. The predicted octanol–water partition coefficient (Wildman–Crippen LogP) is 3.97. The Balaban J connectivity index is 0.00000200. The molecule has 0 bridgehead atoms. The van der Waals surface area contributed by atoms with Gasteiger partial charge in [-0.1, -0.05) is 26.8 Å². The molecule has 0 radical (unpaired) electrons. The molecule has 0 aromatic heterocycles. The van der Waals surface area contributed by atoms with Gasteiger partial charge in [0.1, 0.15) is 5.82 Å². The molecule has 0 saturated carbocycles. The van der Waals surface area contributed by atoms with E-state index in [1.54, 1.807) is 12.1 Å². The van der Waals surface area contributed by atoms with Crippen LogP contribution in [0.2, 0.25) is 0 Å². The Bertz CT molecular complexity index is 440. The fraction of sp³-hybridized carbons (Fsp3) is 0.625. The third kappa shape index (κ3) is 5.10. The SMILES string of the molecule is Cc1cc(F)ccc1[C@H](N1CCNCC1)C(C)(C)C.Cl.Cl. The zero-order valence-electron chi connectivity index (χ0n) is 13.3. The molecule has 0 amide bonds. The normalized spacial score (nSPS) is 17.6. The monoisotopic (exact) mass is 336 g/mol. The lowest BCUT2D eigenvalue weighted by atomic mass is 9.79. The zero-order chi connectivity index (χ0) is 14.0. The van der Waals surface area contributed by atoms with Crippen LogP contribution in [0.4, 0.5) is 4.39 Å². The number of nitrogens with one attached hydrogen (secondary N) is 1. The van der Waals surface area contributed by atoms with Gasteiger partial charge in [0.25, 0.3) is 0 Å². The van der Waals surface area contributed by atoms with E-state index in [9.17, 15) is 4.39 Å². The van der Waals surface area contributed by atoms with Crippen molar-refractivity contribution in [2.24, 2.45) is 5.41 Å². The first kappa shape index (κ1) is 20.6. The van der Waals surface area contributed by atoms with Crippen LogP contribution in [0.1, 0.15) is 37.9 Å². The fourth-order valence-corrected chi connectivity index (χ4v) is 3.10. The lowest BCUT2D eigenvalue weighted by Gasteiger charge is -2.43. The second kappa shape index (κ2) is 8.33. The molecule has 0 aliphatic carbocycles. The highest BCUT2D eigenvalue weighted by atomic mass is 35.5. The van der Waals surface area contributed by atoms with Crippen LogP contribution in [-0.4, -0.2) is 31.1 Å². The predicted molar refractivity (Wildman–Crippen MR) is 92.3 cm³/mol. The van der Waals surface area contributed by atoms with E-state index >= 15 is 0 Å². The highest BCUT2D eigenvalue weighted by molar-refractivity contribution is 5.85. The average Bonchev–Trinajstić information content (AvgIpc) is 2.32. The molecular formula is C16H27Cl2FN2. The van der Waals surface area contributed by atoms with E-state index in [2.05, 4.69) is 31.0 Å². The van der Waals surface area contributed by atoms with Gasteiger partial charge in [-0.3, -0.25) is 4.90 Å². The lowest BCUT2D eigenvalue weighted by molar-refractivity contribution is 0.0857. The molecule has 1 N–H and O–H groups in total. The molecule has 2 rings (SSSR count). The van der Waals surface area contributed by atoms with Crippen LogP contribution in [-0.2, 0) is 0 Å². The summed E-state index contributed by atoms with van der Waals surface area (Å²) in [4.78, 5) is 2.52. The quantitative estimate of drug-likeness (QED) is 0.878. The Hall–Kier alpha value is -0.350. The molecule has 2 nitrogen and oxygen atoms in total. The molecule has 1 atom stereocenters. The Kier molecular flexibility index (Phi) is 8.19. The minimum absolute atomic E-state index is 0. The number of aryl methyl sites for hydroxylation is 1. The summed E-state index contributed by atoms with van der Waals surface area (Å²) in [6.45, 7) is 13.0. The molecule has 0 spiro atoms. The minimum Gasteiger partial charge on any atom is -0.314 e. The van der Waals surface area contributed by atoms with Crippen LogP contribution < -0.4 is 5.32 Å². The first-order valence-electron chi connectivity index (χ1n) is 7.10. The highest BCUT2D eigenvalue weighted by Gasteiger charge is 2.33. The lowest BCUT2D eigenvalue weighted by Crippen LogP contribution is -2.48. The van der Waals surface area contributed by atoms with E-state index in [1.807, 2.05) is 13.0 Å². The Morgan fingerprint density at radius 1 is 1.14 bits per heavy atom. The van der Waals surface area contributed by atoms with Crippen molar-refractivity contribution >= 4 is 24.8 Å². The van der Waals surface area contributed by atoms with Crippen LogP contribution >= 0.6 is 24.8 Å². The Labute approximate surface area is 140 Å². The van der Waals surface area contributed by atoms with E-state index < -0.39 is 0 Å². The summed E-state index contributed by atoms with van der Waals surface area (Å²) in [6.07, 6.45) is 0. The van der Waals surface area contributed by atoms with E-state index in [-0.39, 0.29) is 36.0 Å². The maximum absolute atomic E-state index is 13.3. The number of nitrogens with zero attached hydrogens (tertiary/aromatic N) is 1. The van der Waals surface area contributed by atoms with Gasteiger partial charge < -0.3 is 5.32 Å². The molecule has 1 fully saturated rings. The molecule has 1 aliphatic heterocycles. The molecule has 1 heterocycles. The zero-order valence-corrected chi connectivity index (χ0v) is 14.9. The number of piperazine rings is 1. The molecule has 5 heteroatoms. The second-order valence-electron chi connectivity index (χ2n) is 6.56. The number of halogens is 3. The van der Waals surface area contributed by atoms with Gasteiger partial charge in [-0.15, -0.1) is 24.8 Å². The number of benzene rings is 1. The van der Waals surface area contributed by atoms with Gasteiger partial charge in [-0.25, -0.2) is 4.39 Å². The van der Waals surface area contributed by atoms with Gasteiger partial charge in [-0.2, -0.15) is 0 Å². The van der Waals surface area contributed by atoms with Crippen LogP contribution in [0.5, 0.6) is 0 Å². The van der Waals surface area contributed by atoms with Gasteiger partial charge in [0, 0.05) is 32.2 Å². The van der Waals surface area contributed by atoms with Gasteiger partial charge in [0.15, 0.2) is 0 Å². The molecule has 1 aliphatic rings. The van der Waals surface area contributed by atoms with E-state index in [0.29, 0.717) is 6.04 Å². The molecule has 1 saturated heterocycles. The van der Waals surface area contributed by atoms with Crippen molar-refractivity contribution in [3.63, 3.8) is 0 Å². The maximum atomic E-state index is 13.3. The van der Waals surface area contributed by atoms with Crippen LogP contribution in [0.15, 0.2) is 18.2 Å². The third-order valence-corrected chi connectivity index (χ3v) is 3.86. The van der Waals surface area contributed by atoms with Gasteiger partial charge in [-0.05, 0) is 35.6 Å². The Morgan fingerprint density at radius 2 is 1.71 bits per heavy atom. The minimum atomic E-state index is -0.144. The second-order valence-corrected chi connectivity index (χ2v) is 6.56. The van der Waals surface area contributed by atoms with Crippen molar-refractivity contribution in [1.29, 1.82) is 0 Å². The largest absolute Gasteiger partial charge is 0.314 e. The topological polar surface area (TPSA) is 15.3 Å². The van der Waals surface area contributed by atoms with Gasteiger partial charge in [0.05, 0.1) is 0 Å². The molecule has 122 valence electrons. The summed E-state index contributed by atoms with van der Waals surface area (Å²) >= 11 is 0. The third-order valence-electron chi connectivity index (χ3n) is 3.86. The van der Waals surface area contributed by atoms with Crippen molar-refractivity contribution in [1.82, 2.24) is 10.2 Å². The molecule has 0 unspecified atom stereocenters. The van der Waals surface area contributed by atoms with Crippen LogP contribution in [0, 0.1) is 18.2 Å². The summed E-state index contributed by atoms with van der Waals surface area (Å²) in [5.41, 5.74) is 2.45. The van der Waals surface area contributed by atoms with Crippen molar-refractivity contribution < 1.29 is 4.39 Å². The average molecular weight is 337 g/mol. The smallest absolute Gasteiger partial charge is 0.123 e. The summed E-state index contributed by atoms with van der Waals surface area (Å²) < 4.78 is 13.3. The number of hydrogen-bond acceptors (Lipinski definition) is 2. The van der Waals surface area contributed by atoms with Gasteiger partial charge in [0.2, 0.25) is 0 Å². The highest BCUT2D eigenvalue weighted by Crippen LogP contribution is 2.39. The van der Waals surface area contributed by atoms with Crippen molar-refractivity contribution in [3.8, 4) is 0 Å². The van der Waals surface area contributed by atoms with E-state index in [4.69, 9.17) is 0 Å². The standard InChI is InChI=1S/C16H25FN2.2ClH/c1-12-11-13(17)5-6-14(12)15(16(2,3)4)19-9-7-18-8-10-19;;/h5-6,11,15,18H,7-10H2,1-4H3;2*1H/t15-;;/m0../s1. The fourth-order valence-electron chi connectivity index (χ4n) is 3.10. The summed E-state index contributed by atoms with van der Waals surface area (Å²) in [7, 11) is 0. The van der Waals surface area contributed by atoms with Crippen LogP contribution in [0.25, 0.3) is 0 Å². The molecule has 1 aromatic carbocycles. The molecule has 21 heavy (non-hydrogen) atoms. The summed E-state index contributed by atoms with van der Waals surface area (Å²) in [5, 5.41) is 3.39. The van der Waals surface area contributed by atoms with Crippen molar-refractivity contribution in [2.75, 3.05) is 26.2 Å². The molecule has 1 aromatic rings. The van der Waals surface area contributed by atoms with Crippen molar-refractivity contribution in [2.45, 2.75) is 33.7 Å². The molecular weight excluding hydrogens is 310 g/mol. The van der Waals surface area contributed by atoms with Gasteiger partial charge >= 0.3 is 0 Å². The number of rotatable bonds is 2. The van der Waals surface area contributed by atoms with E-state index in [0.717, 1.165) is 31.7 Å². The van der Waals surface area contributed by atoms with Crippen molar-refractivity contribution in [3.05, 3.63) is 35.1 Å².